The summed E-state index contributed by atoms with van der Waals surface area (Å²) in [5, 5.41) is 22.6. The normalized spacial score (nSPS) is 22.7. The fourth-order valence-electron chi connectivity index (χ4n) is 3.71. The van der Waals surface area contributed by atoms with Gasteiger partial charge in [0.1, 0.15) is 34.9 Å². The van der Waals surface area contributed by atoms with Crippen LogP contribution in [0.2, 0.25) is 0 Å². The molecule has 3 N–H and O–H groups in total. The van der Waals surface area contributed by atoms with Gasteiger partial charge in [-0.1, -0.05) is 6.07 Å². The lowest BCUT2D eigenvalue weighted by Crippen LogP contribution is -2.44. The van der Waals surface area contributed by atoms with Crippen molar-refractivity contribution in [2.24, 2.45) is 0 Å². The van der Waals surface area contributed by atoms with Crippen LogP contribution in [-0.4, -0.2) is 44.4 Å². The van der Waals surface area contributed by atoms with Crippen molar-refractivity contribution in [2.75, 3.05) is 5.32 Å². The van der Waals surface area contributed by atoms with Gasteiger partial charge in [0, 0.05) is 18.2 Å². The zero-order valence-corrected chi connectivity index (χ0v) is 17.4. The van der Waals surface area contributed by atoms with E-state index in [1.165, 1.54) is 12.4 Å². The maximum atomic E-state index is 14.3. The number of carbonyl (C=O) groups is 1. The molecule has 33 heavy (non-hydrogen) atoms. The number of nitrogens with one attached hydrogen (secondary N) is 1. The number of ether oxygens (including phenoxy) is 1. The molecule has 7 nitrogen and oxygen atoms in total. The Kier molecular flexibility index (Phi) is 6.41. The third-order valence-corrected chi connectivity index (χ3v) is 5.44. The third-order valence-electron chi connectivity index (χ3n) is 5.44. The number of amides is 1. The molecule has 1 fully saturated rings. The zero-order valence-electron chi connectivity index (χ0n) is 17.4. The Balaban J connectivity index is 1.63. The van der Waals surface area contributed by atoms with Gasteiger partial charge in [-0.15, -0.1) is 0 Å². The van der Waals surface area contributed by atoms with Gasteiger partial charge in [-0.3, -0.25) is 9.78 Å². The van der Waals surface area contributed by atoms with Crippen molar-refractivity contribution in [3.05, 3.63) is 77.5 Å². The highest BCUT2D eigenvalue weighted by Gasteiger charge is 2.35. The molecule has 0 radical (unpaired) electrons. The van der Waals surface area contributed by atoms with Crippen LogP contribution < -0.4 is 5.32 Å². The Bertz CT molecular complexity index is 1160. The smallest absolute Gasteiger partial charge is 0.274 e. The Morgan fingerprint density at radius 2 is 1.82 bits per heavy atom. The van der Waals surface area contributed by atoms with E-state index in [0.29, 0.717) is 5.56 Å². The Labute approximate surface area is 186 Å². The topological polar surface area (TPSA) is 105 Å². The quantitative estimate of drug-likeness (QED) is 0.553. The predicted octanol–water partition coefficient (Wildman–Crippen LogP) is 3.38. The van der Waals surface area contributed by atoms with Gasteiger partial charge in [-0.25, -0.2) is 18.2 Å². The second-order valence-electron chi connectivity index (χ2n) is 7.66. The molecule has 172 valence electrons. The molecule has 4 unspecified atom stereocenters. The number of hydrogen-bond acceptors (Lipinski definition) is 6. The summed E-state index contributed by atoms with van der Waals surface area (Å²) in [6.07, 6.45) is -0.419. The number of rotatable bonds is 4. The number of aromatic nitrogens is 2. The van der Waals surface area contributed by atoms with E-state index in [1.54, 1.807) is 13.0 Å². The van der Waals surface area contributed by atoms with Crippen molar-refractivity contribution in [3.8, 4) is 11.3 Å². The zero-order chi connectivity index (χ0) is 23.7. The number of hydrogen-bond donors (Lipinski definition) is 3. The number of benzene rings is 1. The van der Waals surface area contributed by atoms with Gasteiger partial charge in [-0.05, 0) is 37.3 Å². The van der Waals surface area contributed by atoms with Gasteiger partial charge in [0.15, 0.2) is 0 Å². The molecule has 4 rings (SSSR count). The average molecular weight is 459 g/mol. The molecule has 3 heterocycles. The first-order valence-corrected chi connectivity index (χ1v) is 10.1. The first-order valence-electron chi connectivity index (χ1n) is 10.1. The third kappa shape index (κ3) is 4.58. The molecule has 1 aliphatic heterocycles. The summed E-state index contributed by atoms with van der Waals surface area (Å²) in [5.74, 6) is -3.79. The molecule has 10 heteroatoms. The van der Waals surface area contributed by atoms with Gasteiger partial charge in [0.25, 0.3) is 5.91 Å². The minimum Gasteiger partial charge on any atom is -0.390 e. The molecule has 1 amide bonds. The number of pyridine rings is 2. The van der Waals surface area contributed by atoms with Crippen LogP contribution in [0.15, 0.2) is 48.8 Å². The molecule has 1 saturated heterocycles. The summed E-state index contributed by atoms with van der Waals surface area (Å²) < 4.78 is 48.4. The Morgan fingerprint density at radius 1 is 1.09 bits per heavy atom. The fraction of sp³-hybridized carbons (Fsp3) is 0.261. The van der Waals surface area contributed by atoms with Gasteiger partial charge < -0.3 is 20.3 Å². The van der Waals surface area contributed by atoms with Gasteiger partial charge in [0.05, 0.1) is 35.8 Å². The standard InChI is InChI=1S/C23H20F3N3O4/c1-11-22(31)18(30)9-19(33-11)12-7-8-27-10-17(12)29-23(32)16-6-5-15(26)21(28-16)20-13(24)3-2-4-14(20)25/h2-8,10-11,18-19,22,30-31H,9H2,1H3,(H,29,32). The lowest BCUT2D eigenvalue weighted by Gasteiger charge is -2.36. The Morgan fingerprint density at radius 3 is 2.52 bits per heavy atom. The fourth-order valence-corrected chi connectivity index (χ4v) is 3.71. The van der Waals surface area contributed by atoms with Crippen LogP contribution in [0.5, 0.6) is 0 Å². The second-order valence-corrected chi connectivity index (χ2v) is 7.66. The van der Waals surface area contributed by atoms with Gasteiger partial charge >= 0.3 is 0 Å². The summed E-state index contributed by atoms with van der Waals surface area (Å²) in [7, 11) is 0. The van der Waals surface area contributed by atoms with Crippen molar-refractivity contribution in [1.29, 1.82) is 0 Å². The van der Waals surface area contributed by atoms with E-state index in [9.17, 15) is 28.2 Å². The lowest BCUT2D eigenvalue weighted by atomic mass is 9.94. The first kappa shape index (κ1) is 22.8. The monoisotopic (exact) mass is 459 g/mol. The molecule has 1 aromatic carbocycles. The van der Waals surface area contributed by atoms with E-state index >= 15 is 0 Å². The van der Waals surface area contributed by atoms with Crippen molar-refractivity contribution >= 4 is 11.6 Å². The highest BCUT2D eigenvalue weighted by atomic mass is 19.1. The van der Waals surface area contributed by atoms with Crippen molar-refractivity contribution in [3.63, 3.8) is 0 Å². The molecule has 1 aliphatic rings. The average Bonchev–Trinajstić information content (AvgIpc) is 2.78. The largest absolute Gasteiger partial charge is 0.390 e. The van der Waals surface area contributed by atoms with Crippen molar-refractivity contribution < 1.29 is 32.9 Å². The van der Waals surface area contributed by atoms with Crippen LogP contribution in [-0.2, 0) is 4.74 Å². The molecule has 0 aliphatic carbocycles. The van der Waals surface area contributed by atoms with Gasteiger partial charge in [-0.2, -0.15) is 0 Å². The Hall–Kier alpha value is -3.34. The summed E-state index contributed by atoms with van der Waals surface area (Å²) in [6.45, 7) is 1.62. The van der Waals surface area contributed by atoms with E-state index in [1.807, 2.05) is 0 Å². The minimum absolute atomic E-state index is 0.0872. The number of anilines is 1. The molecule has 0 bridgehead atoms. The second kappa shape index (κ2) is 9.26. The van der Waals surface area contributed by atoms with Crippen LogP contribution >= 0.6 is 0 Å². The minimum atomic E-state index is -1.04. The van der Waals surface area contributed by atoms with Crippen molar-refractivity contribution in [1.82, 2.24) is 9.97 Å². The molecular formula is C23H20F3N3O4. The maximum Gasteiger partial charge on any atom is 0.274 e. The highest BCUT2D eigenvalue weighted by molar-refractivity contribution is 6.03. The number of aliphatic hydroxyl groups excluding tert-OH is 2. The van der Waals surface area contributed by atoms with Crippen LogP contribution in [0.25, 0.3) is 11.3 Å². The van der Waals surface area contributed by atoms with Gasteiger partial charge in [0.2, 0.25) is 0 Å². The van der Waals surface area contributed by atoms with E-state index < -0.39 is 59.0 Å². The van der Waals surface area contributed by atoms with Crippen LogP contribution in [0, 0.1) is 17.5 Å². The summed E-state index contributed by atoms with van der Waals surface area (Å²) in [5.41, 5.74) is -0.848. The number of aliphatic hydroxyl groups is 2. The SMILES string of the molecule is CC1OC(c2ccncc2NC(=O)c2ccc(F)c(-c3c(F)cccc3F)n2)CC(O)C1O. The van der Waals surface area contributed by atoms with Crippen LogP contribution in [0.1, 0.15) is 35.5 Å². The van der Waals surface area contributed by atoms with E-state index in [4.69, 9.17) is 4.74 Å². The van der Waals surface area contributed by atoms with E-state index in [-0.39, 0.29) is 17.8 Å². The van der Waals surface area contributed by atoms with Crippen molar-refractivity contribution in [2.45, 2.75) is 37.8 Å². The van der Waals surface area contributed by atoms with E-state index in [0.717, 1.165) is 30.3 Å². The lowest BCUT2D eigenvalue weighted by molar-refractivity contribution is -0.163. The summed E-state index contributed by atoms with van der Waals surface area (Å²) >= 11 is 0. The summed E-state index contributed by atoms with van der Waals surface area (Å²) in [4.78, 5) is 20.7. The molecule has 2 aromatic heterocycles. The molecular weight excluding hydrogens is 439 g/mol. The maximum absolute atomic E-state index is 14.3. The first-order chi connectivity index (χ1) is 15.8. The highest BCUT2D eigenvalue weighted by Crippen LogP contribution is 2.35. The summed E-state index contributed by atoms with van der Waals surface area (Å²) in [6, 6.07) is 6.64. The molecule has 4 atom stereocenters. The molecule has 3 aromatic rings. The molecule has 0 saturated carbocycles. The number of halogens is 3. The van der Waals surface area contributed by atoms with Crippen LogP contribution in [0.4, 0.5) is 18.9 Å². The molecule has 0 spiro atoms. The van der Waals surface area contributed by atoms with E-state index in [2.05, 4.69) is 15.3 Å². The van der Waals surface area contributed by atoms with Crippen LogP contribution in [0.3, 0.4) is 0 Å². The number of carbonyl (C=O) groups excluding carboxylic acids is 1. The predicted molar refractivity (Wildman–Crippen MR) is 112 cm³/mol. The number of nitrogens with zero attached hydrogens (tertiary/aromatic N) is 2.